The van der Waals surface area contributed by atoms with Crippen molar-refractivity contribution in [1.29, 1.82) is 5.26 Å². The SMILES string of the molecule is COc1ccc(-c2oc(N=Cc3ccc(OCc4ccccc4)cc3)c(C#N)c2-c2ccc(OC)cc2)cc1. The molecule has 5 rings (SSSR count). The van der Waals surface area contributed by atoms with Crippen LogP contribution in [0.2, 0.25) is 0 Å². The van der Waals surface area contributed by atoms with Crippen molar-refractivity contribution < 1.29 is 18.6 Å². The van der Waals surface area contributed by atoms with Crippen molar-refractivity contribution in [2.75, 3.05) is 14.2 Å². The monoisotopic (exact) mass is 514 g/mol. The lowest BCUT2D eigenvalue weighted by Gasteiger charge is -2.06. The van der Waals surface area contributed by atoms with Crippen molar-refractivity contribution in [2.24, 2.45) is 4.99 Å². The van der Waals surface area contributed by atoms with Gasteiger partial charge in [0.2, 0.25) is 5.88 Å². The molecule has 0 aliphatic heterocycles. The van der Waals surface area contributed by atoms with Gasteiger partial charge in [-0.1, -0.05) is 42.5 Å². The van der Waals surface area contributed by atoms with Gasteiger partial charge < -0.3 is 18.6 Å². The molecule has 4 aromatic carbocycles. The van der Waals surface area contributed by atoms with E-state index in [9.17, 15) is 5.26 Å². The van der Waals surface area contributed by atoms with Gasteiger partial charge in [-0.25, -0.2) is 4.99 Å². The van der Waals surface area contributed by atoms with Crippen molar-refractivity contribution in [3.63, 3.8) is 0 Å². The predicted octanol–water partition coefficient (Wildman–Crippen LogP) is 7.83. The molecule has 1 aromatic heterocycles. The average Bonchev–Trinajstić information content (AvgIpc) is 3.38. The molecule has 0 aliphatic carbocycles. The van der Waals surface area contributed by atoms with Gasteiger partial charge in [0.05, 0.1) is 14.2 Å². The summed E-state index contributed by atoms with van der Waals surface area (Å²) in [6.45, 7) is 0.495. The van der Waals surface area contributed by atoms with Crippen LogP contribution in [0, 0.1) is 11.3 Å². The summed E-state index contributed by atoms with van der Waals surface area (Å²) < 4.78 is 22.7. The van der Waals surface area contributed by atoms with Gasteiger partial charge in [0.1, 0.15) is 41.2 Å². The van der Waals surface area contributed by atoms with E-state index in [0.29, 0.717) is 23.5 Å². The van der Waals surface area contributed by atoms with Gasteiger partial charge in [-0.05, 0) is 77.4 Å². The third-order valence-corrected chi connectivity index (χ3v) is 6.19. The number of nitrogens with zero attached hydrogens (tertiary/aromatic N) is 2. The minimum absolute atomic E-state index is 0.235. The van der Waals surface area contributed by atoms with Crippen LogP contribution in [0.25, 0.3) is 22.5 Å². The van der Waals surface area contributed by atoms with Crippen LogP contribution in [-0.4, -0.2) is 20.4 Å². The summed E-state index contributed by atoms with van der Waals surface area (Å²) in [5.41, 5.74) is 4.60. The maximum Gasteiger partial charge on any atom is 0.238 e. The van der Waals surface area contributed by atoms with E-state index < -0.39 is 0 Å². The molecule has 0 fully saturated rings. The lowest BCUT2D eigenvalue weighted by molar-refractivity contribution is 0.306. The molecule has 0 saturated heterocycles. The number of hydrogen-bond donors (Lipinski definition) is 0. The van der Waals surface area contributed by atoms with Gasteiger partial charge in [-0.2, -0.15) is 5.26 Å². The van der Waals surface area contributed by atoms with Crippen LogP contribution in [0.4, 0.5) is 5.88 Å². The van der Waals surface area contributed by atoms with E-state index in [1.165, 1.54) is 0 Å². The largest absolute Gasteiger partial charge is 0.497 e. The number of hydrogen-bond acceptors (Lipinski definition) is 6. The number of rotatable bonds is 9. The Morgan fingerprint density at radius 2 is 1.33 bits per heavy atom. The first kappa shape index (κ1) is 25.4. The number of aliphatic imine (C=N–C) groups is 1. The quantitative estimate of drug-likeness (QED) is 0.187. The van der Waals surface area contributed by atoms with E-state index in [4.69, 9.17) is 18.6 Å². The lowest BCUT2D eigenvalue weighted by atomic mass is 9.98. The smallest absolute Gasteiger partial charge is 0.238 e. The highest BCUT2D eigenvalue weighted by atomic mass is 16.5. The Bertz CT molecular complexity index is 1600. The Morgan fingerprint density at radius 3 is 1.92 bits per heavy atom. The molecular weight excluding hydrogens is 488 g/mol. The summed E-state index contributed by atoms with van der Waals surface area (Å²) in [5, 5.41) is 10.1. The fourth-order valence-corrected chi connectivity index (χ4v) is 4.12. The third-order valence-electron chi connectivity index (χ3n) is 6.19. The number of benzene rings is 4. The molecule has 0 aliphatic rings. The van der Waals surface area contributed by atoms with Crippen LogP contribution < -0.4 is 14.2 Å². The van der Waals surface area contributed by atoms with E-state index in [-0.39, 0.29) is 5.88 Å². The molecule has 0 N–H and O–H groups in total. The number of ether oxygens (including phenoxy) is 3. The Hall–Kier alpha value is -5.28. The highest BCUT2D eigenvalue weighted by molar-refractivity contribution is 5.90. The maximum atomic E-state index is 10.1. The first-order valence-electron chi connectivity index (χ1n) is 12.3. The number of nitriles is 1. The van der Waals surface area contributed by atoms with Crippen molar-refractivity contribution in [1.82, 2.24) is 0 Å². The summed E-state index contributed by atoms with van der Waals surface area (Å²) in [6, 6.07) is 34.9. The first-order chi connectivity index (χ1) is 19.2. The van der Waals surface area contributed by atoms with Crippen LogP contribution >= 0.6 is 0 Å². The summed E-state index contributed by atoms with van der Waals surface area (Å²) in [5.74, 6) is 3.00. The average molecular weight is 515 g/mol. The summed E-state index contributed by atoms with van der Waals surface area (Å²) >= 11 is 0. The normalized spacial score (nSPS) is 10.8. The second-order valence-electron chi connectivity index (χ2n) is 8.66. The fraction of sp³-hybridized carbons (Fsp3) is 0.0909. The zero-order chi connectivity index (χ0) is 27.0. The summed E-state index contributed by atoms with van der Waals surface area (Å²) in [7, 11) is 3.23. The number of furan rings is 1. The van der Waals surface area contributed by atoms with Gasteiger partial charge in [0, 0.05) is 17.3 Å². The van der Waals surface area contributed by atoms with Crippen molar-refractivity contribution >= 4 is 12.1 Å². The molecule has 6 nitrogen and oxygen atoms in total. The van der Waals surface area contributed by atoms with Gasteiger partial charge >= 0.3 is 0 Å². The predicted molar refractivity (Wildman–Crippen MR) is 152 cm³/mol. The van der Waals surface area contributed by atoms with Crippen LogP contribution in [0.15, 0.2) is 113 Å². The van der Waals surface area contributed by atoms with E-state index >= 15 is 0 Å². The van der Waals surface area contributed by atoms with E-state index in [1.807, 2.05) is 103 Å². The fourth-order valence-electron chi connectivity index (χ4n) is 4.12. The van der Waals surface area contributed by atoms with Gasteiger partial charge in [0.25, 0.3) is 0 Å². The standard InChI is InChI=1S/C33H26N2O4/c1-36-27-16-10-25(11-17-27)31-30(20-34)33(39-32(31)26-12-18-28(37-2)19-13-26)35-21-23-8-14-29(15-9-23)38-22-24-6-4-3-5-7-24/h3-19,21H,22H2,1-2H3. The topological polar surface area (TPSA) is 77.0 Å². The molecule has 0 atom stereocenters. The molecule has 0 spiro atoms. The van der Waals surface area contributed by atoms with Crippen molar-refractivity contribution in [3.05, 3.63) is 120 Å². The zero-order valence-electron chi connectivity index (χ0n) is 21.6. The summed E-state index contributed by atoms with van der Waals surface area (Å²) in [4.78, 5) is 4.57. The van der Waals surface area contributed by atoms with Crippen molar-refractivity contribution in [3.8, 4) is 45.8 Å². The van der Waals surface area contributed by atoms with Crippen LogP contribution in [0.3, 0.4) is 0 Å². The second-order valence-corrected chi connectivity index (χ2v) is 8.66. The molecule has 192 valence electrons. The molecule has 39 heavy (non-hydrogen) atoms. The highest BCUT2D eigenvalue weighted by Crippen LogP contribution is 2.43. The summed E-state index contributed by atoms with van der Waals surface area (Å²) in [6.07, 6.45) is 1.68. The molecule has 0 bridgehead atoms. The molecular formula is C33H26N2O4. The van der Waals surface area contributed by atoms with Crippen LogP contribution in [0.5, 0.6) is 17.2 Å². The molecule has 6 heteroatoms. The Labute approximate surface area is 227 Å². The van der Waals surface area contributed by atoms with Gasteiger partial charge in [0.15, 0.2) is 0 Å². The Morgan fingerprint density at radius 1 is 0.744 bits per heavy atom. The van der Waals surface area contributed by atoms with Crippen LogP contribution in [-0.2, 0) is 6.61 Å². The molecule has 0 amide bonds. The second kappa shape index (κ2) is 11.8. The van der Waals surface area contributed by atoms with Crippen LogP contribution in [0.1, 0.15) is 16.7 Å². The molecule has 0 saturated carbocycles. The van der Waals surface area contributed by atoms with Gasteiger partial charge in [-0.15, -0.1) is 0 Å². The maximum absolute atomic E-state index is 10.1. The van der Waals surface area contributed by atoms with E-state index in [0.717, 1.165) is 39.5 Å². The lowest BCUT2D eigenvalue weighted by Crippen LogP contribution is -1.94. The minimum Gasteiger partial charge on any atom is -0.497 e. The van der Waals surface area contributed by atoms with Gasteiger partial charge in [-0.3, -0.25) is 0 Å². The van der Waals surface area contributed by atoms with E-state index in [1.54, 1.807) is 20.4 Å². The number of methoxy groups -OCH3 is 2. The minimum atomic E-state index is 0.235. The first-order valence-corrected chi connectivity index (χ1v) is 12.3. The van der Waals surface area contributed by atoms with E-state index in [2.05, 4.69) is 11.1 Å². The molecule has 0 radical (unpaired) electrons. The molecule has 1 heterocycles. The molecule has 0 unspecified atom stereocenters. The zero-order valence-corrected chi connectivity index (χ0v) is 21.6. The Kier molecular flexibility index (Phi) is 7.71. The molecule has 5 aromatic rings. The highest BCUT2D eigenvalue weighted by Gasteiger charge is 2.23. The van der Waals surface area contributed by atoms with Crippen molar-refractivity contribution in [2.45, 2.75) is 6.61 Å². The third kappa shape index (κ3) is 5.84. The Balaban J connectivity index is 1.45.